The van der Waals surface area contributed by atoms with Crippen LogP contribution in [0, 0.1) is 0 Å². The average molecular weight is 287 g/mol. The molecule has 0 saturated carbocycles. The van der Waals surface area contributed by atoms with Crippen LogP contribution in [0.2, 0.25) is 0 Å². The summed E-state index contributed by atoms with van der Waals surface area (Å²) in [7, 11) is 1.67. The fourth-order valence-electron chi connectivity index (χ4n) is 1.70. The first-order valence-corrected chi connectivity index (χ1v) is 7.64. The van der Waals surface area contributed by atoms with E-state index in [1.54, 1.807) is 18.4 Å². The number of hydrogen-bond donors (Lipinski definition) is 1. The summed E-state index contributed by atoms with van der Waals surface area (Å²) in [6.07, 6.45) is 1.79. The number of hydrogen-bond acceptors (Lipinski definition) is 5. The molecule has 0 radical (unpaired) electrons. The second kappa shape index (κ2) is 10.3. The van der Waals surface area contributed by atoms with Gasteiger partial charge in [0.1, 0.15) is 6.10 Å². The van der Waals surface area contributed by atoms with E-state index in [4.69, 9.17) is 19.9 Å². The summed E-state index contributed by atoms with van der Waals surface area (Å²) in [5.74, 6) is 0. The molecule has 0 aliphatic rings. The van der Waals surface area contributed by atoms with Crippen LogP contribution in [-0.2, 0) is 14.2 Å². The minimum Gasteiger partial charge on any atom is -0.382 e. The van der Waals surface area contributed by atoms with E-state index in [0.717, 1.165) is 12.8 Å². The van der Waals surface area contributed by atoms with Gasteiger partial charge in [-0.3, -0.25) is 0 Å². The lowest BCUT2D eigenvalue weighted by molar-refractivity contribution is 0.0129. The summed E-state index contributed by atoms with van der Waals surface area (Å²) in [6.45, 7) is 4.73. The van der Waals surface area contributed by atoms with Gasteiger partial charge in [-0.25, -0.2) is 0 Å². The molecule has 1 rings (SSSR count). The zero-order chi connectivity index (χ0) is 13.9. The zero-order valence-electron chi connectivity index (χ0n) is 11.8. The van der Waals surface area contributed by atoms with Gasteiger partial charge in [-0.2, -0.15) is 0 Å². The zero-order valence-corrected chi connectivity index (χ0v) is 12.7. The first-order valence-electron chi connectivity index (χ1n) is 6.76. The van der Waals surface area contributed by atoms with E-state index in [1.165, 1.54) is 4.88 Å². The van der Waals surface area contributed by atoms with Crippen LogP contribution in [0.25, 0.3) is 0 Å². The highest BCUT2D eigenvalue weighted by Crippen LogP contribution is 2.26. The highest BCUT2D eigenvalue weighted by molar-refractivity contribution is 7.10. The minimum atomic E-state index is 0.00368. The average Bonchev–Trinajstić information content (AvgIpc) is 2.95. The second-order valence-electron chi connectivity index (χ2n) is 4.34. The Morgan fingerprint density at radius 3 is 2.74 bits per heavy atom. The van der Waals surface area contributed by atoms with Crippen molar-refractivity contribution in [3.05, 3.63) is 22.4 Å². The standard InChI is InChI=1S/C14H25NO3S/c1-3-12(15)14(13-6-4-11-19-13)18-8-5-7-17-10-9-16-2/h4,6,11-12,14H,3,5,7-10,15H2,1-2H3. The van der Waals surface area contributed by atoms with Gasteiger partial charge in [0, 0.05) is 31.2 Å². The highest BCUT2D eigenvalue weighted by atomic mass is 32.1. The van der Waals surface area contributed by atoms with Crippen molar-refractivity contribution in [3.63, 3.8) is 0 Å². The lowest BCUT2D eigenvalue weighted by Crippen LogP contribution is -2.29. The van der Waals surface area contributed by atoms with Gasteiger partial charge in [-0.15, -0.1) is 11.3 Å². The molecule has 0 amide bonds. The van der Waals surface area contributed by atoms with Crippen LogP contribution in [0.3, 0.4) is 0 Å². The molecule has 0 aliphatic carbocycles. The molecular weight excluding hydrogens is 262 g/mol. The number of ether oxygens (including phenoxy) is 3. The van der Waals surface area contributed by atoms with Gasteiger partial charge in [0.15, 0.2) is 0 Å². The fraction of sp³-hybridized carbons (Fsp3) is 0.714. The van der Waals surface area contributed by atoms with Gasteiger partial charge in [0.05, 0.1) is 13.2 Å². The molecule has 0 spiro atoms. The van der Waals surface area contributed by atoms with Crippen LogP contribution in [-0.4, -0.2) is 39.6 Å². The van der Waals surface area contributed by atoms with Crippen molar-refractivity contribution < 1.29 is 14.2 Å². The summed E-state index contributed by atoms with van der Waals surface area (Å²) in [4.78, 5) is 1.20. The molecule has 2 atom stereocenters. The molecule has 5 heteroatoms. The molecule has 2 unspecified atom stereocenters. The molecule has 1 heterocycles. The predicted molar refractivity (Wildman–Crippen MR) is 78.6 cm³/mol. The van der Waals surface area contributed by atoms with Crippen LogP contribution in [0.1, 0.15) is 30.7 Å². The molecular formula is C14H25NO3S. The van der Waals surface area contributed by atoms with Crippen LogP contribution < -0.4 is 5.73 Å². The summed E-state index contributed by atoms with van der Waals surface area (Å²) in [5, 5.41) is 2.06. The van der Waals surface area contributed by atoms with Crippen molar-refractivity contribution in [2.45, 2.75) is 31.9 Å². The number of methoxy groups -OCH3 is 1. The highest BCUT2D eigenvalue weighted by Gasteiger charge is 2.19. The van der Waals surface area contributed by atoms with E-state index in [0.29, 0.717) is 26.4 Å². The summed E-state index contributed by atoms with van der Waals surface area (Å²) < 4.78 is 16.2. The monoisotopic (exact) mass is 287 g/mol. The quantitative estimate of drug-likeness (QED) is 0.636. The van der Waals surface area contributed by atoms with Crippen LogP contribution in [0.15, 0.2) is 17.5 Å². The molecule has 0 aliphatic heterocycles. The van der Waals surface area contributed by atoms with Crippen molar-refractivity contribution in [2.24, 2.45) is 5.73 Å². The number of rotatable bonds is 11. The van der Waals surface area contributed by atoms with Crippen LogP contribution in [0.4, 0.5) is 0 Å². The summed E-state index contributed by atoms with van der Waals surface area (Å²) in [5.41, 5.74) is 6.12. The largest absolute Gasteiger partial charge is 0.382 e. The molecule has 4 nitrogen and oxygen atoms in total. The Bertz CT molecular complexity index is 306. The molecule has 0 fully saturated rings. The van der Waals surface area contributed by atoms with E-state index in [9.17, 15) is 0 Å². The molecule has 1 aromatic heterocycles. The van der Waals surface area contributed by atoms with Crippen molar-refractivity contribution in [1.29, 1.82) is 0 Å². The van der Waals surface area contributed by atoms with E-state index < -0.39 is 0 Å². The fourth-order valence-corrected chi connectivity index (χ4v) is 2.55. The Kier molecular flexibility index (Phi) is 9.03. The van der Waals surface area contributed by atoms with Gasteiger partial charge < -0.3 is 19.9 Å². The van der Waals surface area contributed by atoms with Crippen molar-refractivity contribution in [1.82, 2.24) is 0 Å². The Morgan fingerprint density at radius 2 is 2.11 bits per heavy atom. The Hall–Kier alpha value is -0.460. The molecule has 0 bridgehead atoms. The van der Waals surface area contributed by atoms with E-state index in [2.05, 4.69) is 18.4 Å². The topological polar surface area (TPSA) is 53.7 Å². The van der Waals surface area contributed by atoms with Gasteiger partial charge in [0.25, 0.3) is 0 Å². The van der Waals surface area contributed by atoms with Crippen molar-refractivity contribution in [2.75, 3.05) is 33.5 Å². The Morgan fingerprint density at radius 1 is 1.26 bits per heavy atom. The third-order valence-electron chi connectivity index (χ3n) is 2.85. The van der Waals surface area contributed by atoms with Gasteiger partial charge in [-0.1, -0.05) is 13.0 Å². The van der Waals surface area contributed by atoms with E-state index >= 15 is 0 Å². The van der Waals surface area contributed by atoms with Crippen LogP contribution >= 0.6 is 11.3 Å². The third-order valence-corrected chi connectivity index (χ3v) is 3.78. The second-order valence-corrected chi connectivity index (χ2v) is 5.32. The maximum absolute atomic E-state index is 6.12. The molecule has 0 aromatic carbocycles. The maximum Gasteiger partial charge on any atom is 0.107 e. The lowest BCUT2D eigenvalue weighted by Gasteiger charge is -2.22. The first kappa shape index (κ1) is 16.6. The first-order chi connectivity index (χ1) is 9.29. The summed E-state index contributed by atoms with van der Waals surface area (Å²) >= 11 is 1.70. The SMILES string of the molecule is CCC(N)C(OCCCOCCOC)c1cccs1. The van der Waals surface area contributed by atoms with Crippen molar-refractivity contribution in [3.8, 4) is 0 Å². The van der Waals surface area contributed by atoms with Crippen molar-refractivity contribution >= 4 is 11.3 Å². The summed E-state index contributed by atoms with van der Waals surface area (Å²) in [6, 6.07) is 4.17. The number of nitrogens with two attached hydrogens (primary N) is 1. The van der Waals surface area contributed by atoms with Gasteiger partial charge in [0.2, 0.25) is 0 Å². The minimum absolute atomic E-state index is 0.00368. The molecule has 0 saturated heterocycles. The number of thiophene rings is 1. The van der Waals surface area contributed by atoms with Gasteiger partial charge in [-0.05, 0) is 24.3 Å². The van der Waals surface area contributed by atoms with Gasteiger partial charge >= 0.3 is 0 Å². The molecule has 2 N–H and O–H groups in total. The molecule has 19 heavy (non-hydrogen) atoms. The Labute approximate surface area is 119 Å². The Balaban J connectivity index is 2.23. The van der Waals surface area contributed by atoms with E-state index in [-0.39, 0.29) is 12.1 Å². The molecule has 110 valence electrons. The van der Waals surface area contributed by atoms with Crippen LogP contribution in [0.5, 0.6) is 0 Å². The predicted octanol–water partition coefficient (Wildman–Crippen LogP) is 2.60. The van der Waals surface area contributed by atoms with E-state index in [1.807, 2.05) is 6.07 Å². The molecule has 1 aromatic rings. The normalized spacial score (nSPS) is 14.5. The maximum atomic E-state index is 6.12. The lowest BCUT2D eigenvalue weighted by atomic mass is 10.1. The third kappa shape index (κ3) is 6.49. The smallest absolute Gasteiger partial charge is 0.107 e.